The molecule has 0 aromatic carbocycles. The number of nitrogens with one attached hydrogen (secondary N) is 1. The van der Waals surface area contributed by atoms with Gasteiger partial charge in [-0.3, -0.25) is 14.9 Å². The Bertz CT molecular complexity index is 457. The van der Waals surface area contributed by atoms with Crippen molar-refractivity contribution >= 4 is 17.8 Å². The van der Waals surface area contributed by atoms with Gasteiger partial charge in [-0.05, 0) is 19.3 Å². The molecule has 98 valence electrons. The molecule has 2 unspecified atom stereocenters. The smallest absolute Gasteiger partial charge is 0.306 e. The Hall–Kier alpha value is -1.92. The number of carbonyl (C=O) groups is 2. The molecule has 1 amide bonds. The van der Waals surface area contributed by atoms with Gasteiger partial charge in [0, 0.05) is 13.0 Å². The van der Waals surface area contributed by atoms with Crippen LogP contribution >= 0.6 is 0 Å². The second-order valence-electron chi connectivity index (χ2n) is 4.60. The van der Waals surface area contributed by atoms with Gasteiger partial charge in [-0.1, -0.05) is 6.42 Å². The summed E-state index contributed by atoms with van der Waals surface area (Å²) in [7, 11) is 1.68. The summed E-state index contributed by atoms with van der Waals surface area (Å²) in [5.74, 6) is -1.26. The van der Waals surface area contributed by atoms with Crippen LogP contribution in [0.5, 0.6) is 0 Å². The Labute approximate surface area is 104 Å². The minimum absolute atomic E-state index is 0.169. The van der Waals surface area contributed by atoms with Gasteiger partial charge in [0.25, 0.3) is 0 Å². The van der Waals surface area contributed by atoms with E-state index < -0.39 is 11.9 Å². The normalized spacial score (nSPS) is 23.6. The van der Waals surface area contributed by atoms with Crippen molar-refractivity contribution < 1.29 is 14.7 Å². The maximum absolute atomic E-state index is 12.0. The Morgan fingerprint density at radius 3 is 2.78 bits per heavy atom. The van der Waals surface area contributed by atoms with E-state index in [2.05, 4.69) is 15.4 Å². The van der Waals surface area contributed by atoms with Crippen molar-refractivity contribution in [1.29, 1.82) is 0 Å². The molecule has 0 radical (unpaired) electrons. The minimum atomic E-state index is -0.814. The Kier molecular flexibility index (Phi) is 3.59. The summed E-state index contributed by atoms with van der Waals surface area (Å²) in [5, 5.41) is 15.5. The predicted octanol–water partition coefficient (Wildman–Crippen LogP) is 0.645. The first kappa shape index (κ1) is 12.5. The van der Waals surface area contributed by atoms with Crippen LogP contribution in [0.15, 0.2) is 6.33 Å². The van der Waals surface area contributed by atoms with Gasteiger partial charge in [0.15, 0.2) is 0 Å². The Morgan fingerprint density at radius 1 is 1.44 bits per heavy atom. The maximum atomic E-state index is 12.0. The maximum Gasteiger partial charge on any atom is 0.306 e. The van der Waals surface area contributed by atoms with E-state index >= 15 is 0 Å². The van der Waals surface area contributed by atoms with Crippen LogP contribution in [0.3, 0.4) is 0 Å². The van der Waals surface area contributed by atoms with E-state index in [1.54, 1.807) is 7.05 Å². The van der Waals surface area contributed by atoms with Crippen molar-refractivity contribution in [2.75, 3.05) is 5.32 Å². The predicted molar refractivity (Wildman–Crippen MR) is 62.7 cm³/mol. The second kappa shape index (κ2) is 5.16. The first-order chi connectivity index (χ1) is 8.58. The van der Waals surface area contributed by atoms with Gasteiger partial charge >= 0.3 is 5.97 Å². The van der Waals surface area contributed by atoms with E-state index in [4.69, 9.17) is 5.11 Å². The van der Waals surface area contributed by atoms with E-state index in [1.165, 1.54) is 11.0 Å². The number of hydrogen-bond donors (Lipinski definition) is 2. The lowest BCUT2D eigenvalue weighted by Crippen LogP contribution is -2.31. The lowest BCUT2D eigenvalue weighted by Gasteiger charge is -2.25. The highest BCUT2D eigenvalue weighted by Gasteiger charge is 2.31. The van der Waals surface area contributed by atoms with E-state index in [-0.39, 0.29) is 11.8 Å². The molecule has 18 heavy (non-hydrogen) atoms. The molecule has 2 rings (SSSR count). The summed E-state index contributed by atoms with van der Waals surface area (Å²) in [6, 6.07) is 0. The molecule has 1 aromatic heterocycles. The van der Waals surface area contributed by atoms with Gasteiger partial charge in [0.2, 0.25) is 11.9 Å². The third kappa shape index (κ3) is 2.66. The second-order valence-corrected chi connectivity index (χ2v) is 4.60. The molecule has 0 aliphatic heterocycles. The molecule has 0 saturated heterocycles. The third-order valence-corrected chi connectivity index (χ3v) is 3.34. The van der Waals surface area contributed by atoms with Crippen LogP contribution in [0.4, 0.5) is 5.95 Å². The first-order valence-electron chi connectivity index (χ1n) is 5.95. The van der Waals surface area contributed by atoms with Gasteiger partial charge < -0.3 is 5.11 Å². The average Bonchev–Trinajstić information content (AvgIpc) is 2.75. The van der Waals surface area contributed by atoms with E-state index in [9.17, 15) is 9.59 Å². The van der Waals surface area contributed by atoms with Crippen LogP contribution in [0.25, 0.3) is 0 Å². The summed E-state index contributed by atoms with van der Waals surface area (Å²) in [6.07, 6.45) is 3.92. The minimum Gasteiger partial charge on any atom is -0.481 e. The zero-order valence-corrected chi connectivity index (χ0v) is 10.2. The topological polar surface area (TPSA) is 97.1 Å². The Balaban J connectivity index is 1.97. The van der Waals surface area contributed by atoms with Gasteiger partial charge in [-0.25, -0.2) is 4.68 Å². The molecular formula is C11H16N4O3. The molecule has 1 aliphatic rings. The van der Waals surface area contributed by atoms with Crippen molar-refractivity contribution in [3.63, 3.8) is 0 Å². The Morgan fingerprint density at radius 2 is 2.17 bits per heavy atom. The van der Waals surface area contributed by atoms with Crippen molar-refractivity contribution in [1.82, 2.24) is 14.8 Å². The molecule has 1 saturated carbocycles. The monoisotopic (exact) mass is 252 g/mol. The molecule has 7 nitrogen and oxygen atoms in total. The molecular weight excluding hydrogens is 236 g/mol. The molecule has 1 aromatic rings. The van der Waals surface area contributed by atoms with Gasteiger partial charge in [0.1, 0.15) is 6.33 Å². The number of carboxylic acids is 1. The number of aromatic nitrogens is 3. The number of carbonyl (C=O) groups excluding carboxylic acids is 1. The van der Waals surface area contributed by atoms with Crippen molar-refractivity contribution in [3.05, 3.63) is 6.33 Å². The average molecular weight is 252 g/mol. The van der Waals surface area contributed by atoms with Crippen LogP contribution < -0.4 is 5.32 Å². The highest BCUT2D eigenvalue weighted by atomic mass is 16.4. The van der Waals surface area contributed by atoms with Crippen molar-refractivity contribution in [2.24, 2.45) is 18.9 Å². The molecule has 1 fully saturated rings. The molecule has 0 spiro atoms. The molecule has 1 heterocycles. The van der Waals surface area contributed by atoms with Crippen LogP contribution in [0.2, 0.25) is 0 Å². The van der Waals surface area contributed by atoms with E-state index in [0.717, 1.165) is 12.8 Å². The number of aliphatic carboxylic acids is 1. The van der Waals surface area contributed by atoms with Crippen molar-refractivity contribution in [3.8, 4) is 0 Å². The van der Waals surface area contributed by atoms with Gasteiger partial charge in [-0.2, -0.15) is 10.1 Å². The number of amides is 1. The van der Waals surface area contributed by atoms with Crippen LogP contribution in [0.1, 0.15) is 25.7 Å². The van der Waals surface area contributed by atoms with Crippen LogP contribution in [-0.4, -0.2) is 31.7 Å². The standard InChI is InChI=1S/C11H16N4O3/c1-15-11(12-6-13-15)14-9(16)7-3-2-4-8(5-7)10(17)18/h6-8H,2-5H2,1H3,(H,17,18)(H,12,13,14,16). The fourth-order valence-electron chi connectivity index (χ4n) is 2.27. The molecule has 2 atom stereocenters. The van der Waals surface area contributed by atoms with E-state index in [0.29, 0.717) is 18.8 Å². The lowest BCUT2D eigenvalue weighted by molar-refractivity contribution is -0.143. The van der Waals surface area contributed by atoms with Gasteiger partial charge in [-0.15, -0.1) is 0 Å². The third-order valence-electron chi connectivity index (χ3n) is 3.34. The number of hydrogen-bond acceptors (Lipinski definition) is 4. The van der Waals surface area contributed by atoms with Crippen LogP contribution in [-0.2, 0) is 16.6 Å². The summed E-state index contributed by atoms with van der Waals surface area (Å²) in [4.78, 5) is 26.8. The summed E-state index contributed by atoms with van der Waals surface area (Å²) >= 11 is 0. The zero-order chi connectivity index (χ0) is 13.1. The number of nitrogens with zero attached hydrogens (tertiary/aromatic N) is 3. The largest absolute Gasteiger partial charge is 0.481 e. The fourth-order valence-corrected chi connectivity index (χ4v) is 2.27. The molecule has 1 aliphatic carbocycles. The molecule has 2 N–H and O–H groups in total. The van der Waals surface area contributed by atoms with Crippen LogP contribution in [0, 0.1) is 11.8 Å². The summed E-state index contributed by atoms with van der Waals surface area (Å²) < 4.78 is 1.47. The first-order valence-corrected chi connectivity index (χ1v) is 5.95. The number of anilines is 1. The SMILES string of the molecule is Cn1ncnc1NC(=O)C1CCCC(C(=O)O)C1. The molecule has 7 heteroatoms. The zero-order valence-electron chi connectivity index (χ0n) is 10.2. The fraction of sp³-hybridized carbons (Fsp3) is 0.636. The lowest BCUT2D eigenvalue weighted by atomic mass is 9.81. The summed E-state index contributed by atoms with van der Waals surface area (Å²) in [6.45, 7) is 0. The molecule has 0 bridgehead atoms. The quantitative estimate of drug-likeness (QED) is 0.823. The summed E-state index contributed by atoms with van der Waals surface area (Å²) in [5.41, 5.74) is 0. The van der Waals surface area contributed by atoms with Gasteiger partial charge in [0.05, 0.1) is 5.92 Å². The van der Waals surface area contributed by atoms with E-state index in [1.807, 2.05) is 0 Å². The highest BCUT2D eigenvalue weighted by molar-refractivity contribution is 5.91. The van der Waals surface area contributed by atoms with Crippen molar-refractivity contribution in [2.45, 2.75) is 25.7 Å². The number of aryl methyl sites for hydroxylation is 1. The number of rotatable bonds is 3. The highest BCUT2D eigenvalue weighted by Crippen LogP contribution is 2.29. The number of carboxylic acid groups (broad SMARTS) is 1.